The van der Waals surface area contributed by atoms with Gasteiger partial charge in [-0.05, 0) is 13.0 Å². The zero-order chi connectivity index (χ0) is 9.23. The summed E-state index contributed by atoms with van der Waals surface area (Å²) in [7, 11) is 0. The maximum Gasteiger partial charge on any atom is 0.409 e. The fraction of sp³-hybridized carbons (Fsp3) is 0.375. The number of hydrogen-bond acceptors (Lipinski definition) is 3. The van der Waals surface area contributed by atoms with Crippen LogP contribution in [-0.4, -0.2) is 24.5 Å². The van der Waals surface area contributed by atoms with Crippen LogP contribution in [0.5, 0.6) is 0 Å². The van der Waals surface area contributed by atoms with E-state index in [4.69, 9.17) is 5.11 Å². The summed E-state index contributed by atoms with van der Waals surface area (Å²) in [4.78, 5) is 10.5. The van der Waals surface area contributed by atoms with Crippen LogP contribution in [0.15, 0.2) is 24.3 Å². The Hall–Kier alpha value is -1.29. The Morgan fingerprint density at radius 1 is 1.58 bits per heavy atom. The van der Waals surface area contributed by atoms with E-state index in [2.05, 4.69) is 10.1 Å². The van der Waals surface area contributed by atoms with Crippen LogP contribution in [0.4, 0.5) is 4.79 Å². The lowest BCUT2D eigenvalue weighted by Gasteiger charge is -1.99. The highest BCUT2D eigenvalue weighted by Crippen LogP contribution is 1.80. The van der Waals surface area contributed by atoms with E-state index in [1.54, 1.807) is 12.2 Å². The first-order valence-electron chi connectivity index (χ1n) is 3.60. The molecular formula is C8H13NO3. The topological polar surface area (TPSA) is 58.6 Å². The summed E-state index contributed by atoms with van der Waals surface area (Å²) < 4.78 is 4.60. The molecule has 0 aliphatic carbocycles. The number of allylic oxidation sites excluding steroid dienone is 3. The van der Waals surface area contributed by atoms with E-state index < -0.39 is 12.8 Å². The summed E-state index contributed by atoms with van der Waals surface area (Å²) in [5.74, 6) is 0. The van der Waals surface area contributed by atoms with Crippen molar-refractivity contribution in [2.45, 2.75) is 6.92 Å². The standard InChI is InChI=1S/C8H13NO3/c1-2-3-4-5-6-12-8(11)9-7-10/h2-5,10H,6-7H2,1H3,(H,9,11)/b3-2+,5-4+. The largest absolute Gasteiger partial charge is 0.445 e. The number of carbonyl (C=O) groups excluding carboxylic acids is 1. The number of amides is 1. The maximum absolute atomic E-state index is 10.5. The highest BCUT2D eigenvalue weighted by Gasteiger charge is 1.94. The first-order valence-corrected chi connectivity index (χ1v) is 3.60. The fourth-order valence-electron chi connectivity index (χ4n) is 0.485. The third kappa shape index (κ3) is 6.82. The van der Waals surface area contributed by atoms with Gasteiger partial charge in [0.05, 0.1) is 0 Å². The van der Waals surface area contributed by atoms with Crippen molar-refractivity contribution in [2.75, 3.05) is 13.3 Å². The molecule has 12 heavy (non-hydrogen) atoms. The molecule has 0 aromatic heterocycles. The summed E-state index contributed by atoms with van der Waals surface area (Å²) in [6.45, 7) is 1.69. The van der Waals surface area contributed by atoms with Crippen molar-refractivity contribution >= 4 is 6.09 Å². The molecule has 0 aromatic carbocycles. The first-order chi connectivity index (χ1) is 5.81. The van der Waals surface area contributed by atoms with Crippen LogP contribution in [0, 0.1) is 0 Å². The SMILES string of the molecule is C/C=C/C=C/COC(=O)NCO. The number of rotatable bonds is 4. The summed E-state index contributed by atoms with van der Waals surface area (Å²) in [6, 6.07) is 0. The number of alkyl carbamates (subject to hydrolysis) is 1. The van der Waals surface area contributed by atoms with Gasteiger partial charge < -0.3 is 9.84 Å². The highest BCUT2D eigenvalue weighted by atomic mass is 16.5. The van der Waals surface area contributed by atoms with Crippen molar-refractivity contribution in [2.24, 2.45) is 0 Å². The van der Waals surface area contributed by atoms with E-state index >= 15 is 0 Å². The normalized spacial score (nSPS) is 10.8. The van der Waals surface area contributed by atoms with Gasteiger partial charge in [0.2, 0.25) is 0 Å². The minimum Gasteiger partial charge on any atom is -0.445 e. The third-order valence-corrected chi connectivity index (χ3v) is 0.974. The third-order valence-electron chi connectivity index (χ3n) is 0.974. The van der Waals surface area contributed by atoms with Crippen LogP contribution in [0.25, 0.3) is 0 Å². The van der Waals surface area contributed by atoms with Crippen molar-refractivity contribution in [3.05, 3.63) is 24.3 Å². The number of carbonyl (C=O) groups is 1. The summed E-state index contributed by atoms with van der Waals surface area (Å²) in [5.41, 5.74) is 0. The van der Waals surface area contributed by atoms with E-state index in [1.165, 1.54) is 0 Å². The number of ether oxygens (including phenoxy) is 1. The molecule has 0 saturated carbocycles. The molecule has 4 heteroatoms. The van der Waals surface area contributed by atoms with Gasteiger partial charge in [0, 0.05) is 0 Å². The van der Waals surface area contributed by atoms with Crippen LogP contribution in [-0.2, 0) is 4.74 Å². The number of hydrogen-bond donors (Lipinski definition) is 2. The predicted octanol–water partition coefficient (Wildman–Crippen LogP) is 0.795. The van der Waals surface area contributed by atoms with Crippen LogP contribution in [0.3, 0.4) is 0 Å². The van der Waals surface area contributed by atoms with E-state index in [-0.39, 0.29) is 6.61 Å². The molecule has 0 unspecified atom stereocenters. The average molecular weight is 171 g/mol. The van der Waals surface area contributed by atoms with Crippen molar-refractivity contribution in [1.82, 2.24) is 5.32 Å². The Bertz CT molecular complexity index is 175. The van der Waals surface area contributed by atoms with E-state index in [0.29, 0.717) is 0 Å². The van der Waals surface area contributed by atoms with Crippen molar-refractivity contribution in [3.8, 4) is 0 Å². The van der Waals surface area contributed by atoms with Gasteiger partial charge in [0.1, 0.15) is 13.3 Å². The molecule has 0 aliphatic rings. The molecular weight excluding hydrogens is 158 g/mol. The minimum atomic E-state index is -0.623. The van der Waals surface area contributed by atoms with Crippen molar-refractivity contribution in [3.63, 3.8) is 0 Å². The molecule has 0 aromatic rings. The number of aliphatic hydroxyl groups is 1. The Morgan fingerprint density at radius 2 is 2.33 bits per heavy atom. The number of aliphatic hydroxyl groups excluding tert-OH is 1. The van der Waals surface area contributed by atoms with Gasteiger partial charge >= 0.3 is 6.09 Å². The van der Waals surface area contributed by atoms with Gasteiger partial charge in [-0.1, -0.05) is 18.2 Å². The van der Waals surface area contributed by atoms with Gasteiger partial charge in [0.15, 0.2) is 0 Å². The van der Waals surface area contributed by atoms with E-state index in [9.17, 15) is 4.79 Å². The zero-order valence-corrected chi connectivity index (χ0v) is 6.99. The summed E-state index contributed by atoms with van der Waals surface area (Å²) >= 11 is 0. The molecule has 0 rings (SSSR count). The molecule has 0 aliphatic heterocycles. The molecule has 1 amide bonds. The van der Waals surface area contributed by atoms with Crippen LogP contribution in [0.1, 0.15) is 6.92 Å². The molecule has 2 N–H and O–H groups in total. The Kier molecular flexibility index (Phi) is 6.97. The minimum absolute atomic E-state index is 0.205. The molecule has 0 saturated heterocycles. The smallest absolute Gasteiger partial charge is 0.409 e. The zero-order valence-electron chi connectivity index (χ0n) is 6.99. The summed E-state index contributed by atoms with van der Waals surface area (Å²) in [5, 5.41) is 10.3. The Labute approximate surface area is 71.5 Å². The number of nitrogens with one attached hydrogen (secondary N) is 1. The molecule has 0 atom stereocenters. The second-order valence-corrected chi connectivity index (χ2v) is 1.89. The molecule has 0 radical (unpaired) electrons. The van der Waals surface area contributed by atoms with Gasteiger partial charge in [-0.2, -0.15) is 0 Å². The molecule has 0 spiro atoms. The molecule has 4 nitrogen and oxygen atoms in total. The van der Waals surface area contributed by atoms with Gasteiger partial charge in [-0.3, -0.25) is 5.32 Å². The quantitative estimate of drug-likeness (QED) is 0.485. The Balaban J connectivity index is 3.36. The van der Waals surface area contributed by atoms with Crippen LogP contribution < -0.4 is 5.32 Å². The maximum atomic E-state index is 10.5. The monoisotopic (exact) mass is 171 g/mol. The summed E-state index contributed by atoms with van der Waals surface area (Å²) in [6.07, 6.45) is 6.53. The first kappa shape index (κ1) is 10.7. The van der Waals surface area contributed by atoms with Crippen LogP contribution >= 0.6 is 0 Å². The lowest BCUT2D eigenvalue weighted by atomic mass is 10.4. The molecule has 0 bridgehead atoms. The van der Waals surface area contributed by atoms with Gasteiger partial charge in [-0.25, -0.2) is 4.79 Å². The van der Waals surface area contributed by atoms with Crippen LogP contribution in [0.2, 0.25) is 0 Å². The van der Waals surface area contributed by atoms with E-state index in [1.807, 2.05) is 19.1 Å². The molecule has 0 heterocycles. The average Bonchev–Trinajstić information content (AvgIpc) is 2.05. The molecule has 68 valence electrons. The van der Waals surface area contributed by atoms with Gasteiger partial charge in [0.25, 0.3) is 0 Å². The van der Waals surface area contributed by atoms with E-state index in [0.717, 1.165) is 0 Å². The second kappa shape index (κ2) is 7.81. The fourth-order valence-corrected chi connectivity index (χ4v) is 0.485. The predicted molar refractivity (Wildman–Crippen MR) is 45.5 cm³/mol. The van der Waals surface area contributed by atoms with Crippen molar-refractivity contribution < 1.29 is 14.6 Å². The lowest BCUT2D eigenvalue weighted by Crippen LogP contribution is -2.24. The highest BCUT2D eigenvalue weighted by molar-refractivity contribution is 5.66. The lowest BCUT2D eigenvalue weighted by molar-refractivity contribution is 0.144. The second-order valence-electron chi connectivity index (χ2n) is 1.89. The van der Waals surface area contributed by atoms with Gasteiger partial charge in [-0.15, -0.1) is 0 Å². The van der Waals surface area contributed by atoms with Crippen molar-refractivity contribution in [1.29, 1.82) is 0 Å². The molecule has 0 fully saturated rings. The Morgan fingerprint density at radius 3 is 2.92 bits per heavy atom.